The van der Waals surface area contributed by atoms with Gasteiger partial charge in [0.25, 0.3) is 0 Å². The summed E-state index contributed by atoms with van der Waals surface area (Å²) in [5.41, 5.74) is 7.93. The lowest BCUT2D eigenvalue weighted by Crippen LogP contribution is -2.46. The van der Waals surface area contributed by atoms with Gasteiger partial charge >= 0.3 is 0 Å². The molecule has 0 aromatic heterocycles. The standard InChI is InChI=1S/C14H20N2O/c1-10(9-15)14(17)16-11(2)7-8-12-5-3-4-6-13(12)16/h3-6,10-11H,7-9,15H2,1-2H3. The van der Waals surface area contributed by atoms with Gasteiger partial charge in [0.2, 0.25) is 5.91 Å². The number of fused-ring (bicyclic) bond motifs is 1. The fourth-order valence-electron chi connectivity index (χ4n) is 2.36. The molecule has 2 unspecified atom stereocenters. The molecule has 1 heterocycles. The zero-order valence-electron chi connectivity index (χ0n) is 10.5. The number of benzene rings is 1. The molecular weight excluding hydrogens is 212 g/mol. The first-order chi connectivity index (χ1) is 8.15. The van der Waals surface area contributed by atoms with Crippen molar-refractivity contribution in [1.29, 1.82) is 0 Å². The maximum absolute atomic E-state index is 12.3. The fraction of sp³-hybridized carbons (Fsp3) is 0.500. The van der Waals surface area contributed by atoms with Crippen molar-refractivity contribution < 1.29 is 4.79 Å². The highest BCUT2D eigenvalue weighted by molar-refractivity contribution is 5.96. The van der Waals surface area contributed by atoms with Gasteiger partial charge in [-0.15, -0.1) is 0 Å². The van der Waals surface area contributed by atoms with E-state index in [0.717, 1.165) is 18.5 Å². The molecule has 2 atom stereocenters. The zero-order chi connectivity index (χ0) is 12.4. The predicted octanol–water partition coefficient (Wildman–Crippen LogP) is 1.95. The highest BCUT2D eigenvalue weighted by Gasteiger charge is 2.29. The number of aryl methyl sites for hydroxylation is 1. The SMILES string of the molecule is CC(CN)C(=O)N1c2ccccc2CCC1C. The second kappa shape index (κ2) is 4.88. The molecule has 92 valence electrons. The number of carbonyl (C=O) groups excluding carboxylic acids is 1. The smallest absolute Gasteiger partial charge is 0.231 e. The molecule has 0 radical (unpaired) electrons. The summed E-state index contributed by atoms with van der Waals surface area (Å²) < 4.78 is 0. The molecule has 1 aromatic carbocycles. The summed E-state index contributed by atoms with van der Waals surface area (Å²) in [4.78, 5) is 14.3. The zero-order valence-corrected chi connectivity index (χ0v) is 10.5. The quantitative estimate of drug-likeness (QED) is 0.847. The van der Waals surface area contributed by atoms with E-state index in [-0.39, 0.29) is 17.9 Å². The van der Waals surface area contributed by atoms with E-state index in [9.17, 15) is 4.79 Å². The molecule has 3 nitrogen and oxygen atoms in total. The molecule has 0 saturated carbocycles. The number of para-hydroxylation sites is 1. The van der Waals surface area contributed by atoms with E-state index in [4.69, 9.17) is 5.73 Å². The molecule has 1 aliphatic heterocycles. The van der Waals surface area contributed by atoms with E-state index in [0.29, 0.717) is 6.54 Å². The first kappa shape index (κ1) is 12.1. The summed E-state index contributed by atoms with van der Waals surface area (Å²) in [6, 6.07) is 8.43. The van der Waals surface area contributed by atoms with Crippen molar-refractivity contribution in [1.82, 2.24) is 0 Å². The number of nitrogens with zero attached hydrogens (tertiary/aromatic N) is 1. The van der Waals surface area contributed by atoms with Gasteiger partial charge in [0.05, 0.1) is 0 Å². The summed E-state index contributed by atoms with van der Waals surface area (Å²) >= 11 is 0. The van der Waals surface area contributed by atoms with Crippen LogP contribution in [0.3, 0.4) is 0 Å². The Hall–Kier alpha value is -1.35. The molecule has 2 rings (SSSR count). The lowest BCUT2D eigenvalue weighted by molar-refractivity contribution is -0.122. The first-order valence-electron chi connectivity index (χ1n) is 6.26. The van der Waals surface area contributed by atoms with Gasteiger partial charge in [-0.25, -0.2) is 0 Å². The Labute approximate surface area is 103 Å². The summed E-state index contributed by atoms with van der Waals surface area (Å²) in [6.45, 7) is 4.41. The molecule has 2 N–H and O–H groups in total. The lowest BCUT2D eigenvalue weighted by Gasteiger charge is -2.36. The van der Waals surface area contributed by atoms with Gasteiger partial charge in [0, 0.05) is 24.2 Å². The summed E-state index contributed by atoms with van der Waals surface area (Å²) in [6.07, 6.45) is 2.08. The van der Waals surface area contributed by atoms with E-state index >= 15 is 0 Å². The molecule has 1 aliphatic rings. The van der Waals surface area contributed by atoms with Crippen LogP contribution in [0, 0.1) is 5.92 Å². The fourth-order valence-corrected chi connectivity index (χ4v) is 2.36. The number of carbonyl (C=O) groups is 1. The largest absolute Gasteiger partial charge is 0.330 e. The van der Waals surface area contributed by atoms with Crippen molar-refractivity contribution in [2.75, 3.05) is 11.4 Å². The molecule has 0 spiro atoms. The van der Waals surface area contributed by atoms with E-state index < -0.39 is 0 Å². The third-order valence-corrected chi connectivity index (χ3v) is 3.54. The molecular formula is C14H20N2O. The van der Waals surface area contributed by atoms with Crippen LogP contribution in [0.4, 0.5) is 5.69 Å². The Balaban J connectivity index is 2.36. The van der Waals surface area contributed by atoms with Gasteiger partial charge < -0.3 is 10.6 Å². The first-order valence-corrected chi connectivity index (χ1v) is 6.26. The molecule has 0 aliphatic carbocycles. The van der Waals surface area contributed by atoms with E-state index in [1.54, 1.807) is 0 Å². The number of amides is 1. The lowest BCUT2D eigenvalue weighted by atomic mass is 9.95. The van der Waals surface area contributed by atoms with Gasteiger partial charge in [-0.3, -0.25) is 4.79 Å². The van der Waals surface area contributed by atoms with Crippen molar-refractivity contribution >= 4 is 11.6 Å². The maximum atomic E-state index is 12.3. The maximum Gasteiger partial charge on any atom is 0.231 e. The van der Waals surface area contributed by atoms with Crippen LogP contribution in [0.2, 0.25) is 0 Å². The Morgan fingerprint density at radius 3 is 2.94 bits per heavy atom. The summed E-state index contributed by atoms with van der Waals surface area (Å²) in [5, 5.41) is 0. The Morgan fingerprint density at radius 2 is 2.24 bits per heavy atom. The minimum absolute atomic E-state index is 0.108. The summed E-state index contributed by atoms with van der Waals surface area (Å²) in [7, 11) is 0. The number of rotatable bonds is 2. The average molecular weight is 232 g/mol. The number of hydrogen-bond acceptors (Lipinski definition) is 2. The molecule has 17 heavy (non-hydrogen) atoms. The van der Waals surface area contributed by atoms with Crippen molar-refractivity contribution in [2.24, 2.45) is 11.7 Å². The van der Waals surface area contributed by atoms with Crippen molar-refractivity contribution in [3.63, 3.8) is 0 Å². The third kappa shape index (κ3) is 2.20. The van der Waals surface area contributed by atoms with Gasteiger partial charge in [-0.2, -0.15) is 0 Å². The molecule has 0 bridgehead atoms. The van der Waals surface area contributed by atoms with Crippen LogP contribution in [-0.2, 0) is 11.2 Å². The molecule has 0 saturated heterocycles. The number of anilines is 1. The van der Waals surface area contributed by atoms with E-state index in [2.05, 4.69) is 13.0 Å². The normalized spacial score (nSPS) is 20.9. The second-order valence-corrected chi connectivity index (χ2v) is 4.86. The van der Waals surface area contributed by atoms with Gasteiger partial charge in [0.15, 0.2) is 0 Å². The van der Waals surface area contributed by atoms with Crippen molar-refractivity contribution in [3.8, 4) is 0 Å². The Bertz CT molecular complexity index is 416. The monoisotopic (exact) mass is 232 g/mol. The van der Waals surface area contributed by atoms with E-state index in [1.165, 1.54) is 5.56 Å². The average Bonchev–Trinajstić information content (AvgIpc) is 2.37. The van der Waals surface area contributed by atoms with Crippen LogP contribution in [0.15, 0.2) is 24.3 Å². The number of hydrogen-bond donors (Lipinski definition) is 1. The van der Waals surface area contributed by atoms with Crippen LogP contribution in [0.25, 0.3) is 0 Å². The molecule has 1 amide bonds. The van der Waals surface area contributed by atoms with Gasteiger partial charge in [0.1, 0.15) is 0 Å². The van der Waals surface area contributed by atoms with Crippen LogP contribution in [0.1, 0.15) is 25.8 Å². The van der Waals surface area contributed by atoms with Crippen LogP contribution in [-0.4, -0.2) is 18.5 Å². The highest BCUT2D eigenvalue weighted by atomic mass is 16.2. The van der Waals surface area contributed by atoms with Crippen molar-refractivity contribution in [2.45, 2.75) is 32.7 Å². The second-order valence-electron chi connectivity index (χ2n) is 4.86. The van der Waals surface area contributed by atoms with Crippen molar-refractivity contribution in [3.05, 3.63) is 29.8 Å². The van der Waals surface area contributed by atoms with E-state index in [1.807, 2.05) is 30.0 Å². The minimum atomic E-state index is -0.108. The highest BCUT2D eigenvalue weighted by Crippen LogP contribution is 2.31. The minimum Gasteiger partial charge on any atom is -0.330 e. The topological polar surface area (TPSA) is 46.3 Å². The van der Waals surface area contributed by atoms with Gasteiger partial charge in [-0.05, 0) is 31.4 Å². The summed E-state index contributed by atoms with van der Waals surface area (Å²) in [5.74, 6) is 0.0377. The van der Waals surface area contributed by atoms with Gasteiger partial charge in [-0.1, -0.05) is 25.1 Å². The van der Waals surface area contributed by atoms with Crippen LogP contribution >= 0.6 is 0 Å². The Kier molecular flexibility index (Phi) is 3.48. The Morgan fingerprint density at radius 1 is 1.53 bits per heavy atom. The molecule has 0 fully saturated rings. The molecule has 1 aromatic rings. The molecule has 3 heteroatoms. The number of nitrogens with two attached hydrogens (primary N) is 1. The van der Waals surface area contributed by atoms with Crippen LogP contribution in [0.5, 0.6) is 0 Å². The predicted molar refractivity (Wildman–Crippen MR) is 69.9 cm³/mol. The third-order valence-electron chi connectivity index (χ3n) is 3.54. The van der Waals surface area contributed by atoms with Crippen LogP contribution < -0.4 is 10.6 Å².